The lowest BCUT2D eigenvalue weighted by atomic mass is 9.93. The Hall–Kier alpha value is -1.10. The van der Waals surface area contributed by atoms with Crippen LogP contribution in [-0.2, 0) is 4.79 Å². The molecule has 0 bridgehead atoms. The van der Waals surface area contributed by atoms with Crippen LogP contribution in [0.1, 0.15) is 85.0 Å². The molecule has 2 fully saturated rings. The summed E-state index contributed by atoms with van der Waals surface area (Å²) >= 11 is 0. The molecule has 0 saturated carbocycles. The average molecular weight is 380 g/mol. The number of nitrogens with one attached hydrogen (secondary N) is 1. The van der Waals surface area contributed by atoms with Gasteiger partial charge in [-0.05, 0) is 64.0 Å². The molecule has 2 saturated heterocycles. The molecule has 156 valence electrons. The summed E-state index contributed by atoms with van der Waals surface area (Å²) in [6, 6.07) is 0.0947. The van der Waals surface area contributed by atoms with Crippen molar-refractivity contribution in [3.8, 4) is 0 Å². The Morgan fingerprint density at radius 2 is 1.67 bits per heavy atom. The second kappa shape index (κ2) is 11.7. The Balaban J connectivity index is 1.90. The van der Waals surface area contributed by atoms with Crippen molar-refractivity contribution in [2.24, 2.45) is 11.8 Å². The Kier molecular flexibility index (Phi) is 9.60. The molecule has 5 heteroatoms. The molecule has 2 aliphatic heterocycles. The van der Waals surface area contributed by atoms with Crippen molar-refractivity contribution in [1.82, 2.24) is 15.1 Å². The van der Waals surface area contributed by atoms with E-state index in [1.807, 2.05) is 4.90 Å². The second-order valence-corrected chi connectivity index (χ2v) is 8.96. The third kappa shape index (κ3) is 7.44. The minimum Gasteiger partial charge on any atom is -0.320 e. The first kappa shape index (κ1) is 22.2. The van der Waals surface area contributed by atoms with Crippen LogP contribution < -0.4 is 5.32 Å². The molecule has 2 aliphatic rings. The van der Waals surface area contributed by atoms with Crippen molar-refractivity contribution in [2.45, 2.75) is 91.0 Å². The molecule has 0 aromatic heterocycles. The van der Waals surface area contributed by atoms with Crippen molar-refractivity contribution in [1.29, 1.82) is 0 Å². The zero-order chi connectivity index (χ0) is 19.6. The van der Waals surface area contributed by atoms with Crippen LogP contribution in [0.3, 0.4) is 0 Å². The third-order valence-corrected chi connectivity index (χ3v) is 6.14. The molecule has 0 aromatic rings. The minimum atomic E-state index is -0.160. The fourth-order valence-electron chi connectivity index (χ4n) is 4.47. The van der Waals surface area contributed by atoms with Gasteiger partial charge < -0.3 is 9.80 Å². The van der Waals surface area contributed by atoms with E-state index >= 15 is 0 Å². The molecule has 1 unspecified atom stereocenters. The Morgan fingerprint density at radius 3 is 2.33 bits per heavy atom. The first-order chi connectivity index (χ1) is 13.0. The van der Waals surface area contributed by atoms with E-state index in [1.54, 1.807) is 0 Å². The molecule has 1 N–H and O–H groups in total. The number of nitrogens with zero attached hydrogens (tertiary/aromatic N) is 2. The first-order valence-electron chi connectivity index (χ1n) is 11.3. The van der Waals surface area contributed by atoms with Gasteiger partial charge in [-0.3, -0.25) is 10.1 Å². The van der Waals surface area contributed by atoms with Crippen LogP contribution in [0.25, 0.3) is 0 Å². The SMILES string of the molecule is CCC[C@@H](CCC(C)C)C(=O)NC(=O)N1CCCCC1CN1CCCCC1. The standard InChI is InChI=1S/C22H41N3O2/c1-4-10-19(13-12-18(2)3)21(26)23-22(27)25-16-9-6-11-20(25)17-24-14-7-5-8-15-24/h18-20H,4-17H2,1-3H3,(H,23,26,27)/t19-,20?/m0/s1. The Labute approximate surface area is 166 Å². The normalized spacial score (nSPS) is 22.7. The molecule has 3 amide bonds. The van der Waals surface area contributed by atoms with Gasteiger partial charge >= 0.3 is 6.03 Å². The highest BCUT2D eigenvalue weighted by Gasteiger charge is 2.30. The van der Waals surface area contributed by atoms with Crippen LogP contribution in [0.4, 0.5) is 4.79 Å². The zero-order valence-corrected chi connectivity index (χ0v) is 17.8. The number of hydrogen-bond acceptors (Lipinski definition) is 3. The van der Waals surface area contributed by atoms with Gasteiger partial charge in [-0.2, -0.15) is 0 Å². The number of likely N-dealkylation sites (tertiary alicyclic amines) is 2. The summed E-state index contributed by atoms with van der Waals surface area (Å²) in [5, 5.41) is 2.76. The zero-order valence-electron chi connectivity index (χ0n) is 17.8. The van der Waals surface area contributed by atoms with Gasteiger partial charge in [0.1, 0.15) is 0 Å². The van der Waals surface area contributed by atoms with E-state index in [-0.39, 0.29) is 23.9 Å². The van der Waals surface area contributed by atoms with Crippen molar-refractivity contribution in [3.05, 3.63) is 0 Å². The molecule has 0 radical (unpaired) electrons. The summed E-state index contributed by atoms with van der Waals surface area (Å²) in [6.07, 6.45) is 10.9. The molecule has 0 aliphatic carbocycles. The number of carbonyl (C=O) groups is 2. The summed E-state index contributed by atoms with van der Waals surface area (Å²) in [4.78, 5) is 30.1. The van der Waals surface area contributed by atoms with E-state index in [0.29, 0.717) is 5.92 Å². The Morgan fingerprint density at radius 1 is 0.963 bits per heavy atom. The van der Waals surface area contributed by atoms with Crippen LogP contribution in [0.2, 0.25) is 0 Å². The summed E-state index contributed by atoms with van der Waals surface area (Å²) in [7, 11) is 0. The smallest absolute Gasteiger partial charge is 0.320 e. The highest BCUT2D eigenvalue weighted by atomic mass is 16.2. The summed E-state index contributed by atoms with van der Waals surface area (Å²) in [5.41, 5.74) is 0. The van der Waals surface area contributed by atoms with Gasteiger partial charge in [0.05, 0.1) is 0 Å². The lowest BCUT2D eigenvalue weighted by Crippen LogP contribution is -2.54. The van der Waals surface area contributed by atoms with Gasteiger partial charge in [-0.15, -0.1) is 0 Å². The number of urea groups is 1. The van der Waals surface area contributed by atoms with Crippen LogP contribution in [0.15, 0.2) is 0 Å². The van der Waals surface area contributed by atoms with Gasteiger partial charge in [0.2, 0.25) is 5.91 Å². The van der Waals surface area contributed by atoms with Crippen LogP contribution in [0, 0.1) is 11.8 Å². The van der Waals surface area contributed by atoms with E-state index in [2.05, 4.69) is 31.0 Å². The maximum atomic E-state index is 12.9. The largest absolute Gasteiger partial charge is 0.324 e. The molecule has 0 spiro atoms. The van der Waals surface area contributed by atoms with E-state index in [4.69, 9.17) is 0 Å². The van der Waals surface area contributed by atoms with Crippen LogP contribution in [-0.4, -0.2) is 54.0 Å². The Bertz CT molecular complexity index is 460. The van der Waals surface area contributed by atoms with Crippen molar-refractivity contribution in [3.63, 3.8) is 0 Å². The van der Waals surface area contributed by atoms with Gasteiger partial charge in [0.25, 0.3) is 0 Å². The molecule has 2 rings (SSSR count). The molecule has 0 aromatic carbocycles. The predicted octanol–water partition coefficient (Wildman–Crippen LogP) is 4.42. The lowest BCUT2D eigenvalue weighted by Gasteiger charge is -2.39. The van der Waals surface area contributed by atoms with E-state index in [1.165, 1.54) is 25.7 Å². The molecule has 2 heterocycles. The molecular formula is C22H41N3O2. The molecule has 2 atom stereocenters. The monoisotopic (exact) mass is 379 g/mol. The van der Waals surface area contributed by atoms with E-state index in [9.17, 15) is 9.59 Å². The van der Waals surface area contributed by atoms with Gasteiger partial charge in [0, 0.05) is 25.0 Å². The predicted molar refractivity (Wildman–Crippen MR) is 111 cm³/mol. The lowest BCUT2D eigenvalue weighted by molar-refractivity contribution is -0.124. The van der Waals surface area contributed by atoms with Crippen molar-refractivity contribution >= 4 is 11.9 Å². The highest BCUT2D eigenvalue weighted by Crippen LogP contribution is 2.21. The highest BCUT2D eigenvalue weighted by molar-refractivity contribution is 5.95. The van der Waals surface area contributed by atoms with E-state index < -0.39 is 0 Å². The first-order valence-corrected chi connectivity index (χ1v) is 11.3. The number of imide groups is 1. The topological polar surface area (TPSA) is 52.7 Å². The molecule has 5 nitrogen and oxygen atoms in total. The van der Waals surface area contributed by atoms with Crippen molar-refractivity contribution < 1.29 is 9.59 Å². The summed E-state index contributed by atoms with van der Waals surface area (Å²) in [5.74, 6) is 0.486. The summed E-state index contributed by atoms with van der Waals surface area (Å²) in [6.45, 7) is 10.5. The van der Waals surface area contributed by atoms with Gasteiger partial charge in [0.15, 0.2) is 0 Å². The fourth-order valence-corrected chi connectivity index (χ4v) is 4.47. The van der Waals surface area contributed by atoms with Crippen molar-refractivity contribution in [2.75, 3.05) is 26.2 Å². The maximum absolute atomic E-state index is 12.9. The molecule has 27 heavy (non-hydrogen) atoms. The number of rotatable bonds is 8. The molecular weight excluding hydrogens is 338 g/mol. The summed E-state index contributed by atoms with van der Waals surface area (Å²) < 4.78 is 0. The fraction of sp³-hybridized carbons (Fsp3) is 0.909. The maximum Gasteiger partial charge on any atom is 0.324 e. The number of piperidine rings is 2. The number of carbonyl (C=O) groups excluding carboxylic acids is 2. The number of hydrogen-bond donors (Lipinski definition) is 1. The van der Waals surface area contributed by atoms with Crippen LogP contribution in [0.5, 0.6) is 0 Å². The average Bonchev–Trinajstić information content (AvgIpc) is 2.66. The van der Waals surface area contributed by atoms with E-state index in [0.717, 1.165) is 64.7 Å². The minimum absolute atomic E-state index is 0.0355. The van der Waals surface area contributed by atoms with Gasteiger partial charge in [-0.25, -0.2) is 4.79 Å². The second-order valence-electron chi connectivity index (χ2n) is 8.96. The van der Waals surface area contributed by atoms with Gasteiger partial charge in [-0.1, -0.05) is 40.0 Å². The number of amides is 3. The quantitative estimate of drug-likeness (QED) is 0.679. The third-order valence-electron chi connectivity index (χ3n) is 6.14. The van der Waals surface area contributed by atoms with Crippen LogP contribution >= 0.6 is 0 Å².